The van der Waals surface area contributed by atoms with Gasteiger partial charge in [0.05, 0.1) is 19.3 Å². The van der Waals surface area contributed by atoms with Gasteiger partial charge in [-0.25, -0.2) is 9.98 Å². The second-order valence-electron chi connectivity index (χ2n) is 3.83. The Morgan fingerprint density at radius 2 is 2.35 bits per heavy atom. The number of pyridine rings is 1. The average molecular weight is 236 g/mol. The van der Waals surface area contributed by atoms with Gasteiger partial charge in [-0.3, -0.25) is 0 Å². The first kappa shape index (κ1) is 13.3. The van der Waals surface area contributed by atoms with E-state index >= 15 is 0 Å². The monoisotopic (exact) mass is 236 g/mol. The summed E-state index contributed by atoms with van der Waals surface area (Å²) < 4.78 is 5.04. The van der Waals surface area contributed by atoms with Gasteiger partial charge in [-0.1, -0.05) is 13.0 Å². The summed E-state index contributed by atoms with van der Waals surface area (Å²) in [5, 5.41) is 3.10. The van der Waals surface area contributed by atoms with E-state index in [1.54, 1.807) is 13.2 Å². The first-order valence-electron chi connectivity index (χ1n) is 5.72. The number of hydrogen-bond donors (Lipinski definition) is 2. The lowest BCUT2D eigenvalue weighted by molar-refractivity contribution is 0.396. The van der Waals surface area contributed by atoms with E-state index in [-0.39, 0.29) is 0 Å². The van der Waals surface area contributed by atoms with Gasteiger partial charge in [0.25, 0.3) is 0 Å². The molecule has 0 fully saturated rings. The third-order valence-corrected chi connectivity index (χ3v) is 2.41. The highest BCUT2D eigenvalue weighted by Gasteiger charge is 2.00. The molecule has 0 saturated carbocycles. The maximum atomic E-state index is 5.75. The van der Waals surface area contributed by atoms with Crippen LogP contribution in [-0.2, 0) is 6.54 Å². The minimum Gasteiger partial charge on any atom is -0.481 e. The fourth-order valence-electron chi connectivity index (χ4n) is 1.23. The summed E-state index contributed by atoms with van der Waals surface area (Å²) in [4.78, 5) is 8.47. The number of nitrogens with two attached hydrogens (primary N) is 1. The van der Waals surface area contributed by atoms with Gasteiger partial charge in [0.1, 0.15) is 0 Å². The van der Waals surface area contributed by atoms with Crippen molar-refractivity contribution >= 4 is 5.96 Å². The Morgan fingerprint density at radius 1 is 1.59 bits per heavy atom. The Balaban J connectivity index is 2.56. The van der Waals surface area contributed by atoms with Crippen molar-refractivity contribution in [1.29, 1.82) is 0 Å². The zero-order valence-electron chi connectivity index (χ0n) is 10.6. The summed E-state index contributed by atoms with van der Waals surface area (Å²) in [6, 6.07) is 5.91. The molecule has 0 saturated heterocycles. The van der Waals surface area contributed by atoms with Crippen molar-refractivity contribution in [1.82, 2.24) is 10.3 Å². The number of nitrogens with one attached hydrogen (secondary N) is 1. The van der Waals surface area contributed by atoms with Crippen molar-refractivity contribution < 1.29 is 4.74 Å². The van der Waals surface area contributed by atoms with Crippen molar-refractivity contribution in [3.05, 3.63) is 23.9 Å². The molecule has 0 radical (unpaired) electrons. The minimum absolute atomic E-state index is 0.331. The molecule has 0 amide bonds. The lowest BCUT2D eigenvalue weighted by atomic mass is 10.3. The largest absolute Gasteiger partial charge is 0.481 e. The Hall–Kier alpha value is -1.78. The number of hydrogen-bond acceptors (Lipinski definition) is 3. The summed E-state index contributed by atoms with van der Waals surface area (Å²) in [6.45, 7) is 4.60. The van der Waals surface area contributed by atoms with E-state index in [1.165, 1.54) is 0 Å². The Labute approximate surface area is 102 Å². The van der Waals surface area contributed by atoms with E-state index in [2.05, 4.69) is 29.1 Å². The Bertz CT molecular complexity index is 379. The predicted octanol–water partition coefficient (Wildman–Crippen LogP) is 1.29. The predicted molar refractivity (Wildman–Crippen MR) is 69.0 cm³/mol. The molecule has 1 aromatic heterocycles. The molecule has 1 aromatic rings. The molecule has 1 rings (SSSR count). The lowest BCUT2D eigenvalue weighted by Gasteiger charge is -2.11. The highest BCUT2D eigenvalue weighted by Crippen LogP contribution is 2.07. The maximum Gasteiger partial charge on any atom is 0.213 e. The number of aromatic nitrogens is 1. The number of guanidine groups is 1. The molecule has 1 heterocycles. The molecule has 0 spiro atoms. The Kier molecular flexibility index (Phi) is 5.26. The van der Waals surface area contributed by atoms with E-state index in [0.717, 1.165) is 12.1 Å². The van der Waals surface area contributed by atoms with Crippen LogP contribution in [0.1, 0.15) is 26.0 Å². The van der Waals surface area contributed by atoms with Crippen LogP contribution >= 0.6 is 0 Å². The number of nitrogens with zero attached hydrogens (tertiary/aromatic N) is 2. The third-order valence-electron chi connectivity index (χ3n) is 2.41. The van der Waals surface area contributed by atoms with E-state index in [1.807, 2.05) is 12.1 Å². The molecule has 17 heavy (non-hydrogen) atoms. The van der Waals surface area contributed by atoms with Crippen molar-refractivity contribution in [2.75, 3.05) is 7.11 Å². The van der Waals surface area contributed by atoms with Gasteiger partial charge in [0.2, 0.25) is 5.88 Å². The molecule has 3 N–H and O–H groups in total. The molecule has 5 heteroatoms. The summed E-state index contributed by atoms with van der Waals surface area (Å²) in [5.41, 5.74) is 6.58. The fourth-order valence-corrected chi connectivity index (χ4v) is 1.23. The normalized spacial score (nSPS) is 13.2. The minimum atomic E-state index is 0.331. The fraction of sp³-hybridized carbons (Fsp3) is 0.500. The second kappa shape index (κ2) is 6.73. The molecular weight excluding hydrogens is 216 g/mol. The summed E-state index contributed by atoms with van der Waals surface area (Å²) in [5.74, 6) is 1.04. The maximum absolute atomic E-state index is 5.75. The highest BCUT2D eigenvalue weighted by atomic mass is 16.5. The van der Waals surface area contributed by atoms with Crippen molar-refractivity contribution in [3.63, 3.8) is 0 Å². The van der Waals surface area contributed by atoms with E-state index in [0.29, 0.717) is 24.4 Å². The molecule has 5 nitrogen and oxygen atoms in total. The standard InChI is InChI=1S/C12H20N4O/c1-4-9(2)15-12(13)14-8-10-6-5-7-11(16-10)17-3/h5-7,9H,4,8H2,1-3H3,(H3,13,14,15). The van der Waals surface area contributed by atoms with Crippen LogP contribution in [0.2, 0.25) is 0 Å². The zero-order chi connectivity index (χ0) is 12.7. The molecule has 0 aliphatic carbocycles. The molecular formula is C12H20N4O. The van der Waals surface area contributed by atoms with Gasteiger partial charge in [-0.2, -0.15) is 0 Å². The summed E-state index contributed by atoms with van der Waals surface area (Å²) >= 11 is 0. The third kappa shape index (κ3) is 4.72. The van der Waals surface area contributed by atoms with E-state index < -0.39 is 0 Å². The van der Waals surface area contributed by atoms with Crippen LogP contribution in [0.3, 0.4) is 0 Å². The van der Waals surface area contributed by atoms with Gasteiger partial charge in [-0.05, 0) is 19.4 Å². The van der Waals surface area contributed by atoms with Crippen molar-refractivity contribution in [2.45, 2.75) is 32.9 Å². The van der Waals surface area contributed by atoms with E-state index in [9.17, 15) is 0 Å². The van der Waals surface area contributed by atoms with Crippen LogP contribution < -0.4 is 15.8 Å². The first-order valence-corrected chi connectivity index (χ1v) is 5.72. The molecule has 1 unspecified atom stereocenters. The molecule has 0 aromatic carbocycles. The van der Waals surface area contributed by atoms with Crippen molar-refractivity contribution in [3.8, 4) is 5.88 Å². The molecule has 0 bridgehead atoms. The number of ether oxygens (including phenoxy) is 1. The van der Waals surface area contributed by atoms with Crippen LogP contribution in [0.25, 0.3) is 0 Å². The number of methoxy groups -OCH3 is 1. The SMILES string of the molecule is CCC(C)NC(N)=NCc1cccc(OC)n1. The first-order chi connectivity index (χ1) is 8.15. The van der Waals surface area contributed by atoms with Gasteiger partial charge in [0, 0.05) is 12.1 Å². The van der Waals surface area contributed by atoms with Gasteiger partial charge in [-0.15, -0.1) is 0 Å². The number of aliphatic imine (C=N–C) groups is 1. The highest BCUT2D eigenvalue weighted by molar-refractivity contribution is 5.78. The Morgan fingerprint density at radius 3 is 3.00 bits per heavy atom. The summed E-state index contributed by atoms with van der Waals surface area (Å²) in [7, 11) is 1.59. The van der Waals surface area contributed by atoms with Crippen LogP contribution in [0, 0.1) is 0 Å². The van der Waals surface area contributed by atoms with Crippen molar-refractivity contribution in [2.24, 2.45) is 10.7 Å². The van der Waals surface area contributed by atoms with Gasteiger partial charge >= 0.3 is 0 Å². The van der Waals surface area contributed by atoms with Gasteiger partial charge in [0.15, 0.2) is 5.96 Å². The van der Waals surface area contributed by atoms with E-state index in [4.69, 9.17) is 10.5 Å². The zero-order valence-corrected chi connectivity index (χ0v) is 10.6. The van der Waals surface area contributed by atoms with Gasteiger partial charge < -0.3 is 15.8 Å². The quantitative estimate of drug-likeness (QED) is 0.597. The van der Waals surface area contributed by atoms with Crippen LogP contribution in [0.4, 0.5) is 0 Å². The average Bonchev–Trinajstić information content (AvgIpc) is 2.36. The molecule has 0 aliphatic rings. The number of rotatable bonds is 5. The summed E-state index contributed by atoms with van der Waals surface area (Å²) in [6.07, 6.45) is 1.01. The molecule has 0 aliphatic heterocycles. The van der Waals surface area contributed by atoms with Crippen LogP contribution in [0.15, 0.2) is 23.2 Å². The molecule has 1 atom stereocenters. The van der Waals surface area contributed by atoms with Crippen LogP contribution in [-0.4, -0.2) is 24.1 Å². The topological polar surface area (TPSA) is 72.5 Å². The second-order valence-corrected chi connectivity index (χ2v) is 3.83. The lowest BCUT2D eigenvalue weighted by Crippen LogP contribution is -2.38. The molecule has 94 valence electrons. The smallest absolute Gasteiger partial charge is 0.213 e. The van der Waals surface area contributed by atoms with Crippen LogP contribution in [0.5, 0.6) is 5.88 Å².